The van der Waals surface area contributed by atoms with E-state index >= 15 is 0 Å². The smallest absolute Gasteiger partial charge is 0.371 e. The Morgan fingerprint density at radius 3 is 2.15 bits per heavy atom. The van der Waals surface area contributed by atoms with Crippen molar-refractivity contribution in [3.05, 3.63) is 23.7 Å². The number of aliphatic carboxylic acids is 2. The molecule has 0 saturated carbocycles. The first kappa shape index (κ1) is 15.7. The Morgan fingerprint density at radius 2 is 1.75 bits per heavy atom. The molecule has 1 heterocycles. The fourth-order valence-electron chi connectivity index (χ4n) is 1.40. The fourth-order valence-corrected chi connectivity index (χ4v) is 2.85. The van der Waals surface area contributed by atoms with Gasteiger partial charge < -0.3 is 19.7 Å². The van der Waals surface area contributed by atoms with Crippen LogP contribution in [0.15, 0.2) is 16.5 Å². The highest BCUT2D eigenvalue weighted by atomic mass is 32.2. The lowest BCUT2D eigenvalue weighted by molar-refractivity contribution is -0.143. The van der Waals surface area contributed by atoms with E-state index in [4.69, 9.17) is 19.7 Å². The molecule has 0 amide bonds. The summed E-state index contributed by atoms with van der Waals surface area (Å²) >= 11 is 0. The van der Waals surface area contributed by atoms with E-state index in [0.29, 0.717) is 0 Å². The van der Waals surface area contributed by atoms with E-state index in [-0.39, 0.29) is 5.76 Å². The topological polar surface area (TPSA) is 159 Å². The third kappa shape index (κ3) is 3.82. The van der Waals surface area contributed by atoms with Crippen LogP contribution < -0.4 is 0 Å². The second-order valence-corrected chi connectivity index (χ2v) is 5.99. The van der Waals surface area contributed by atoms with Gasteiger partial charge >= 0.3 is 17.9 Å². The molecule has 0 bridgehead atoms. The highest BCUT2D eigenvalue weighted by Crippen LogP contribution is 2.17. The summed E-state index contributed by atoms with van der Waals surface area (Å²) in [4.78, 5) is 31.8. The van der Waals surface area contributed by atoms with E-state index in [1.807, 2.05) is 0 Å². The molecule has 0 radical (unpaired) electrons. The van der Waals surface area contributed by atoms with Crippen molar-refractivity contribution in [2.24, 2.45) is 0 Å². The van der Waals surface area contributed by atoms with Crippen molar-refractivity contribution in [2.45, 2.75) is 17.4 Å². The van der Waals surface area contributed by atoms with E-state index in [1.54, 1.807) is 0 Å². The van der Waals surface area contributed by atoms with Crippen LogP contribution in [0.5, 0.6) is 0 Å². The summed E-state index contributed by atoms with van der Waals surface area (Å²) in [5.74, 6) is -6.46. The Balaban J connectivity index is 2.99. The third-order valence-electron chi connectivity index (χ3n) is 2.28. The van der Waals surface area contributed by atoms with Gasteiger partial charge in [0.2, 0.25) is 5.76 Å². The highest BCUT2D eigenvalue weighted by molar-refractivity contribution is 7.92. The van der Waals surface area contributed by atoms with E-state index < -0.39 is 50.9 Å². The molecule has 0 saturated heterocycles. The summed E-state index contributed by atoms with van der Waals surface area (Å²) < 4.78 is 28.3. The molecule has 3 N–H and O–H groups in total. The Bertz CT molecular complexity index is 639. The molecule has 0 aromatic carbocycles. The van der Waals surface area contributed by atoms with Gasteiger partial charge in [-0.2, -0.15) is 0 Å². The quantitative estimate of drug-likeness (QED) is 0.620. The van der Waals surface area contributed by atoms with Crippen LogP contribution in [-0.2, 0) is 25.2 Å². The number of carboxylic acids is 3. The summed E-state index contributed by atoms with van der Waals surface area (Å²) in [6.45, 7) is 0. The molecule has 0 aliphatic rings. The van der Waals surface area contributed by atoms with Crippen molar-refractivity contribution in [3.8, 4) is 0 Å². The first-order valence-electron chi connectivity index (χ1n) is 5.11. The minimum Gasteiger partial charge on any atom is -0.481 e. The average Bonchev–Trinajstić information content (AvgIpc) is 2.72. The van der Waals surface area contributed by atoms with E-state index in [1.165, 1.54) is 0 Å². The summed E-state index contributed by atoms with van der Waals surface area (Å²) in [7, 11) is -4.35. The van der Waals surface area contributed by atoms with Crippen LogP contribution in [0.25, 0.3) is 0 Å². The van der Waals surface area contributed by atoms with Crippen LogP contribution in [0.4, 0.5) is 0 Å². The van der Waals surface area contributed by atoms with Gasteiger partial charge in [-0.1, -0.05) is 0 Å². The lowest BCUT2D eigenvalue weighted by Gasteiger charge is -2.10. The van der Waals surface area contributed by atoms with E-state index in [0.717, 1.165) is 12.1 Å². The number of rotatable bonds is 7. The molecule has 110 valence electrons. The second kappa shape index (κ2) is 5.74. The molecule has 9 nitrogen and oxygen atoms in total. The zero-order valence-corrected chi connectivity index (χ0v) is 10.7. The second-order valence-electron chi connectivity index (χ2n) is 3.80. The average molecular weight is 306 g/mol. The van der Waals surface area contributed by atoms with Gasteiger partial charge in [-0.05, 0) is 12.1 Å². The number of hydrogen-bond acceptors (Lipinski definition) is 6. The van der Waals surface area contributed by atoms with Gasteiger partial charge in [0, 0.05) is 0 Å². The number of furan rings is 1. The van der Waals surface area contributed by atoms with Crippen molar-refractivity contribution in [3.63, 3.8) is 0 Å². The molecule has 1 unspecified atom stereocenters. The van der Waals surface area contributed by atoms with Gasteiger partial charge in [0.1, 0.15) is 11.5 Å². The summed E-state index contributed by atoms with van der Waals surface area (Å²) in [6, 6.07) is 2.08. The van der Waals surface area contributed by atoms with Gasteiger partial charge in [0.05, 0.1) is 6.42 Å². The molecule has 10 heteroatoms. The van der Waals surface area contributed by atoms with E-state index in [2.05, 4.69) is 0 Å². The Hall–Kier alpha value is -2.36. The van der Waals surface area contributed by atoms with Crippen molar-refractivity contribution < 1.29 is 42.5 Å². The number of carboxylic acid groups (broad SMARTS) is 3. The summed E-state index contributed by atoms with van der Waals surface area (Å²) in [5, 5.41) is 23.7. The molecule has 20 heavy (non-hydrogen) atoms. The maximum absolute atomic E-state index is 11.8. The summed E-state index contributed by atoms with van der Waals surface area (Å²) in [5.41, 5.74) is 0. The number of hydrogen-bond donors (Lipinski definition) is 3. The SMILES string of the molecule is O=C(O)CC(C(=O)O)S(=O)(=O)Cc1ccc(C(=O)O)o1. The zero-order valence-electron chi connectivity index (χ0n) is 9.85. The Morgan fingerprint density at radius 1 is 1.15 bits per heavy atom. The molecular formula is C10H10O9S. The van der Waals surface area contributed by atoms with Crippen molar-refractivity contribution in [1.82, 2.24) is 0 Å². The largest absolute Gasteiger partial charge is 0.481 e. The number of aromatic carboxylic acids is 1. The standard InChI is InChI=1S/C10H10O9S/c11-8(12)3-7(10(15)16)20(17,18)4-5-1-2-6(19-5)9(13)14/h1-2,7H,3-4H2,(H,11,12)(H,13,14)(H,15,16). The molecule has 0 aliphatic carbocycles. The molecule has 0 fully saturated rings. The maximum Gasteiger partial charge on any atom is 0.371 e. The van der Waals surface area contributed by atoms with Crippen LogP contribution in [-0.4, -0.2) is 46.9 Å². The lowest BCUT2D eigenvalue weighted by atomic mass is 10.3. The first-order chi connectivity index (χ1) is 9.13. The van der Waals surface area contributed by atoms with Crippen LogP contribution >= 0.6 is 0 Å². The van der Waals surface area contributed by atoms with Gasteiger partial charge in [-0.3, -0.25) is 9.59 Å². The summed E-state index contributed by atoms with van der Waals surface area (Å²) in [6.07, 6.45) is -1.09. The predicted octanol–water partition coefficient (Wildman–Crippen LogP) is -0.179. The Labute approximate surface area is 112 Å². The molecule has 1 rings (SSSR count). The van der Waals surface area contributed by atoms with Crippen LogP contribution in [0.3, 0.4) is 0 Å². The fraction of sp³-hybridized carbons (Fsp3) is 0.300. The van der Waals surface area contributed by atoms with Gasteiger partial charge in [0.25, 0.3) is 0 Å². The van der Waals surface area contributed by atoms with Gasteiger partial charge in [-0.15, -0.1) is 0 Å². The van der Waals surface area contributed by atoms with E-state index in [9.17, 15) is 22.8 Å². The van der Waals surface area contributed by atoms with Crippen LogP contribution in [0.2, 0.25) is 0 Å². The number of sulfone groups is 1. The van der Waals surface area contributed by atoms with Crippen molar-refractivity contribution >= 4 is 27.7 Å². The Kier molecular flexibility index (Phi) is 4.50. The normalized spacial score (nSPS) is 12.8. The number of carbonyl (C=O) groups is 3. The van der Waals surface area contributed by atoms with Crippen LogP contribution in [0, 0.1) is 0 Å². The van der Waals surface area contributed by atoms with Gasteiger partial charge in [-0.25, -0.2) is 13.2 Å². The van der Waals surface area contributed by atoms with Crippen molar-refractivity contribution in [2.75, 3.05) is 0 Å². The highest BCUT2D eigenvalue weighted by Gasteiger charge is 2.35. The van der Waals surface area contributed by atoms with Gasteiger partial charge in [0.15, 0.2) is 15.1 Å². The predicted molar refractivity (Wildman–Crippen MR) is 62.0 cm³/mol. The molecule has 0 aliphatic heterocycles. The first-order valence-corrected chi connectivity index (χ1v) is 6.83. The zero-order chi connectivity index (χ0) is 15.5. The molecule has 1 aromatic heterocycles. The minimum absolute atomic E-state index is 0.279. The molecule has 0 spiro atoms. The molecular weight excluding hydrogens is 296 g/mol. The lowest BCUT2D eigenvalue weighted by Crippen LogP contribution is -2.33. The third-order valence-corrected chi connectivity index (χ3v) is 4.21. The monoisotopic (exact) mass is 306 g/mol. The maximum atomic E-state index is 11.8. The molecule has 1 atom stereocenters. The van der Waals surface area contributed by atoms with Crippen LogP contribution in [0.1, 0.15) is 22.7 Å². The van der Waals surface area contributed by atoms with Crippen molar-refractivity contribution in [1.29, 1.82) is 0 Å². The molecule has 1 aromatic rings. The minimum atomic E-state index is -4.35.